The molecule has 0 amide bonds. The summed E-state index contributed by atoms with van der Waals surface area (Å²) in [4.78, 5) is 7.07. The maximum Gasteiger partial charge on any atom is 0.142 e. The second-order valence-corrected chi connectivity index (χ2v) is 6.31. The van der Waals surface area contributed by atoms with Crippen LogP contribution >= 0.6 is 15.9 Å². The molecule has 0 saturated carbocycles. The molecule has 0 spiro atoms. The van der Waals surface area contributed by atoms with E-state index in [2.05, 4.69) is 51.0 Å². The van der Waals surface area contributed by atoms with E-state index in [0.717, 1.165) is 48.8 Å². The fourth-order valence-corrected chi connectivity index (χ4v) is 3.40. The number of halogens is 1. The first kappa shape index (κ1) is 14.8. The van der Waals surface area contributed by atoms with Gasteiger partial charge in [0, 0.05) is 19.3 Å². The van der Waals surface area contributed by atoms with Gasteiger partial charge < -0.3 is 10.2 Å². The standard InChI is InChI=1S/C15H24BrN3/c1-3-8-19(11-13-4-6-17-7-5-13)15-14(16)9-12(2)10-18-15/h9-10,13,17H,3-8,11H2,1-2H3. The maximum atomic E-state index is 4.63. The van der Waals surface area contributed by atoms with Gasteiger partial charge in [0.15, 0.2) is 0 Å². The first-order valence-electron chi connectivity index (χ1n) is 7.28. The van der Waals surface area contributed by atoms with Crippen LogP contribution in [0.25, 0.3) is 0 Å². The Labute approximate surface area is 124 Å². The Morgan fingerprint density at radius 2 is 2.16 bits per heavy atom. The van der Waals surface area contributed by atoms with Gasteiger partial charge in [-0.25, -0.2) is 4.98 Å². The summed E-state index contributed by atoms with van der Waals surface area (Å²) in [5.74, 6) is 1.90. The third-order valence-electron chi connectivity index (χ3n) is 3.69. The van der Waals surface area contributed by atoms with Gasteiger partial charge in [-0.15, -0.1) is 0 Å². The zero-order valence-corrected chi connectivity index (χ0v) is 13.5. The Kier molecular flexibility index (Phi) is 5.64. The number of aryl methyl sites for hydroxylation is 1. The van der Waals surface area contributed by atoms with Gasteiger partial charge in [0.25, 0.3) is 0 Å². The van der Waals surface area contributed by atoms with E-state index in [9.17, 15) is 0 Å². The molecule has 1 aliphatic heterocycles. The molecule has 0 radical (unpaired) electrons. The summed E-state index contributed by atoms with van der Waals surface area (Å²) in [5, 5.41) is 3.44. The maximum absolute atomic E-state index is 4.63. The van der Waals surface area contributed by atoms with E-state index in [4.69, 9.17) is 0 Å². The largest absolute Gasteiger partial charge is 0.355 e. The molecule has 4 heteroatoms. The van der Waals surface area contributed by atoms with Crippen LogP contribution in [0.1, 0.15) is 31.7 Å². The number of nitrogens with one attached hydrogen (secondary N) is 1. The van der Waals surface area contributed by atoms with Gasteiger partial charge in [-0.1, -0.05) is 6.92 Å². The Bertz CT molecular complexity index is 402. The fourth-order valence-electron chi connectivity index (χ4n) is 2.69. The molecule has 1 saturated heterocycles. The van der Waals surface area contributed by atoms with E-state index in [-0.39, 0.29) is 0 Å². The van der Waals surface area contributed by atoms with Gasteiger partial charge in [-0.05, 0) is 72.8 Å². The van der Waals surface area contributed by atoms with Gasteiger partial charge in [-0.3, -0.25) is 0 Å². The Balaban J connectivity index is 2.09. The van der Waals surface area contributed by atoms with Crippen molar-refractivity contribution in [2.75, 3.05) is 31.1 Å². The summed E-state index contributed by atoms with van der Waals surface area (Å²) in [6.07, 6.45) is 5.69. The Morgan fingerprint density at radius 3 is 2.79 bits per heavy atom. The molecule has 3 nitrogen and oxygen atoms in total. The number of pyridine rings is 1. The summed E-state index contributed by atoms with van der Waals surface area (Å²) < 4.78 is 1.12. The van der Waals surface area contributed by atoms with E-state index in [1.54, 1.807) is 0 Å². The zero-order valence-electron chi connectivity index (χ0n) is 12.0. The molecule has 19 heavy (non-hydrogen) atoms. The van der Waals surface area contributed by atoms with Crippen molar-refractivity contribution < 1.29 is 0 Å². The van der Waals surface area contributed by atoms with Crippen molar-refractivity contribution in [3.05, 3.63) is 22.3 Å². The van der Waals surface area contributed by atoms with Crippen LogP contribution in [0.4, 0.5) is 5.82 Å². The molecule has 1 aliphatic rings. The topological polar surface area (TPSA) is 28.2 Å². The monoisotopic (exact) mass is 325 g/mol. The van der Waals surface area contributed by atoms with Crippen LogP contribution in [-0.2, 0) is 0 Å². The van der Waals surface area contributed by atoms with Gasteiger partial charge in [0.05, 0.1) is 4.47 Å². The average molecular weight is 326 g/mol. The average Bonchev–Trinajstić information content (AvgIpc) is 2.39. The number of hydrogen-bond acceptors (Lipinski definition) is 3. The number of anilines is 1. The van der Waals surface area contributed by atoms with Crippen LogP contribution < -0.4 is 10.2 Å². The molecule has 2 rings (SSSR count). The van der Waals surface area contributed by atoms with Crippen LogP contribution in [-0.4, -0.2) is 31.2 Å². The van der Waals surface area contributed by atoms with Crippen molar-refractivity contribution in [3.8, 4) is 0 Å². The summed E-state index contributed by atoms with van der Waals surface area (Å²) in [5.41, 5.74) is 1.20. The molecule has 2 heterocycles. The van der Waals surface area contributed by atoms with Gasteiger partial charge in [0.2, 0.25) is 0 Å². The molecule has 0 aliphatic carbocycles. The molecule has 1 aromatic heterocycles. The van der Waals surface area contributed by atoms with E-state index in [0.29, 0.717) is 0 Å². The molecular formula is C15H24BrN3. The summed E-state index contributed by atoms with van der Waals surface area (Å²) in [6, 6.07) is 2.16. The number of nitrogens with zero attached hydrogens (tertiary/aromatic N) is 2. The van der Waals surface area contributed by atoms with Gasteiger partial charge in [0.1, 0.15) is 5.82 Å². The van der Waals surface area contributed by atoms with Crippen molar-refractivity contribution in [2.24, 2.45) is 5.92 Å². The second kappa shape index (κ2) is 7.25. The van der Waals surface area contributed by atoms with Crippen LogP contribution in [0.2, 0.25) is 0 Å². The predicted molar refractivity (Wildman–Crippen MR) is 84.8 cm³/mol. The third kappa shape index (κ3) is 4.18. The number of hydrogen-bond donors (Lipinski definition) is 1. The normalized spacial score (nSPS) is 16.6. The molecule has 0 unspecified atom stereocenters. The minimum absolute atomic E-state index is 0.794. The zero-order chi connectivity index (χ0) is 13.7. The highest BCUT2D eigenvalue weighted by atomic mass is 79.9. The highest BCUT2D eigenvalue weighted by Crippen LogP contribution is 2.26. The molecule has 0 aromatic carbocycles. The molecular weight excluding hydrogens is 302 g/mol. The SMILES string of the molecule is CCCN(CC1CCNCC1)c1ncc(C)cc1Br. The van der Waals surface area contributed by atoms with Crippen molar-refractivity contribution in [2.45, 2.75) is 33.1 Å². The predicted octanol–water partition coefficient (Wildman–Crippen LogP) is 3.37. The molecule has 1 N–H and O–H groups in total. The molecule has 106 valence electrons. The number of rotatable bonds is 5. The summed E-state index contributed by atoms with van der Waals surface area (Å²) in [6.45, 7) is 8.85. The minimum Gasteiger partial charge on any atom is -0.355 e. The Morgan fingerprint density at radius 1 is 1.42 bits per heavy atom. The van der Waals surface area contributed by atoms with Crippen molar-refractivity contribution in [3.63, 3.8) is 0 Å². The van der Waals surface area contributed by atoms with E-state index in [1.165, 1.54) is 18.4 Å². The molecule has 0 bridgehead atoms. The van der Waals surface area contributed by atoms with Gasteiger partial charge in [-0.2, -0.15) is 0 Å². The number of piperidine rings is 1. The van der Waals surface area contributed by atoms with Crippen molar-refractivity contribution in [1.82, 2.24) is 10.3 Å². The molecule has 1 aromatic rings. The van der Waals surface area contributed by atoms with E-state index in [1.807, 2.05) is 6.20 Å². The smallest absolute Gasteiger partial charge is 0.142 e. The lowest BCUT2D eigenvalue weighted by molar-refractivity contribution is 0.372. The first-order valence-corrected chi connectivity index (χ1v) is 8.07. The van der Waals surface area contributed by atoms with Crippen LogP contribution in [0.3, 0.4) is 0 Å². The molecule has 1 fully saturated rings. The lowest BCUT2D eigenvalue weighted by Gasteiger charge is -2.31. The lowest BCUT2D eigenvalue weighted by Crippen LogP contribution is -2.37. The molecule has 0 atom stereocenters. The minimum atomic E-state index is 0.794. The van der Waals surface area contributed by atoms with Crippen molar-refractivity contribution in [1.29, 1.82) is 0 Å². The quantitative estimate of drug-likeness (QED) is 0.899. The van der Waals surface area contributed by atoms with Crippen LogP contribution in [0, 0.1) is 12.8 Å². The van der Waals surface area contributed by atoms with Crippen molar-refractivity contribution >= 4 is 21.7 Å². The van der Waals surface area contributed by atoms with E-state index >= 15 is 0 Å². The first-order chi connectivity index (χ1) is 9.20. The number of aromatic nitrogens is 1. The summed E-state index contributed by atoms with van der Waals surface area (Å²) in [7, 11) is 0. The van der Waals surface area contributed by atoms with E-state index < -0.39 is 0 Å². The lowest BCUT2D eigenvalue weighted by atomic mass is 9.97. The second-order valence-electron chi connectivity index (χ2n) is 5.46. The van der Waals surface area contributed by atoms with Crippen LogP contribution in [0.15, 0.2) is 16.7 Å². The highest BCUT2D eigenvalue weighted by molar-refractivity contribution is 9.10. The third-order valence-corrected chi connectivity index (χ3v) is 4.27. The van der Waals surface area contributed by atoms with Crippen LogP contribution in [0.5, 0.6) is 0 Å². The highest BCUT2D eigenvalue weighted by Gasteiger charge is 2.19. The Hall–Kier alpha value is -0.610. The fraction of sp³-hybridized carbons (Fsp3) is 0.667. The van der Waals surface area contributed by atoms with Gasteiger partial charge >= 0.3 is 0 Å². The summed E-state index contributed by atoms with van der Waals surface area (Å²) >= 11 is 3.67.